The first-order valence-electron chi connectivity index (χ1n) is 6.91. The number of likely N-dealkylation sites (tertiary alicyclic amines) is 1. The summed E-state index contributed by atoms with van der Waals surface area (Å²) in [5, 5.41) is 3.22. The molecule has 0 saturated carbocycles. The molecule has 1 aliphatic rings. The van der Waals surface area contributed by atoms with E-state index in [0.29, 0.717) is 6.54 Å². The Morgan fingerprint density at radius 3 is 2.58 bits per heavy atom. The van der Waals surface area contributed by atoms with Gasteiger partial charge in [-0.15, -0.1) is 0 Å². The first-order valence-corrected chi connectivity index (χ1v) is 6.91. The Bertz CT molecular complexity index is 397. The molecule has 0 radical (unpaired) electrons. The molecule has 1 saturated heterocycles. The highest BCUT2D eigenvalue weighted by Gasteiger charge is 2.16. The van der Waals surface area contributed by atoms with Gasteiger partial charge < -0.3 is 15.0 Å². The summed E-state index contributed by atoms with van der Waals surface area (Å²) in [7, 11) is 1.67. The van der Waals surface area contributed by atoms with Crippen molar-refractivity contribution in [1.82, 2.24) is 10.2 Å². The number of carbonyl (C=O) groups is 1. The van der Waals surface area contributed by atoms with E-state index in [2.05, 4.69) is 17.4 Å². The highest BCUT2D eigenvalue weighted by Crippen LogP contribution is 2.11. The van der Waals surface area contributed by atoms with E-state index < -0.39 is 0 Å². The molecule has 104 valence electrons. The Balaban J connectivity index is 1.64. The van der Waals surface area contributed by atoms with Gasteiger partial charge in [0.05, 0.1) is 13.7 Å². The molecule has 0 bridgehead atoms. The van der Waals surface area contributed by atoms with E-state index >= 15 is 0 Å². The molecule has 0 unspecified atom stereocenters. The van der Waals surface area contributed by atoms with Crippen LogP contribution in [0.2, 0.25) is 0 Å². The van der Waals surface area contributed by atoms with Crippen LogP contribution in [0, 0.1) is 0 Å². The van der Waals surface area contributed by atoms with Crippen LogP contribution in [0.3, 0.4) is 0 Å². The molecule has 19 heavy (non-hydrogen) atoms. The van der Waals surface area contributed by atoms with E-state index in [0.717, 1.165) is 44.6 Å². The number of nitrogens with one attached hydrogen (secondary N) is 1. The van der Waals surface area contributed by atoms with Crippen molar-refractivity contribution in [3.8, 4) is 5.75 Å². The van der Waals surface area contributed by atoms with Gasteiger partial charge in [0.25, 0.3) is 0 Å². The molecule has 2 rings (SSSR count). The molecule has 0 spiro atoms. The first-order chi connectivity index (χ1) is 9.29. The summed E-state index contributed by atoms with van der Waals surface area (Å²) in [5.41, 5.74) is 1.25. The highest BCUT2D eigenvalue weighted by atomic mass is 16.5. The minimum Gasteiger partial charge on any atom is -0.497 e. The van der Waals surface area contributed by atoms with Gasteiger partial charge in [0.2, 0.25) is 5.91 Å². The lowest BCUT2D eigenvalue weighted by atomic mass is 10.1. The zero-order valence-electron chi connectivity index (χ0n) is 11.5. The van der Waals surface area contributed by atoms with Crippen molar-refractivity contribution in [2.45, 2.75) is 19.3 Å². The fourth-order valence-electron chi connectivity index (χ4n) is 2.30. The Morgan fingerprint density at radius 2 is 1.95 bits per heavy atom. The van der Waals surface area contributed by atoms with E-state index in [1.54, 1.807) is 7.11 Å². The molecule has 1 aromatic rings. The molecule has 1 aliphatic heterocycles. The largest absolute Gasteiger partial charge is 0.497 e. The van der Waals surface area contributed by atoms with Crippen molar-refractivity contribution >= 4 is 5.91 Å². The number of carbonyl (C=O) groups excluding carboxylic acids is 1. The fraction of sp³-hybridized carbons (Fsp3) is 0.533. The Labute approximate surface area is 114 Å². The van der Waals surface area contributed by atoms with Gasteiger partial charge in [-0.05, 0) is 43.5 Å². The summed E-state index contributed by atoms with van der Waals surface area (Å²) < 4.78 is 5.12. The standard InChI is InChI=1S/C15H22N2O2/c1-19-14-6-4-13(5-7-14)8-9-16-12-15(18)17-10-2-3-11-17/h4-7,16H,2-3,8-12H2,1H3. The van der Waals surface area contributed by atoms with Crippen molar-refractivity contribution in [2.24, 2.45) is 0 Å². The molecule has 1 amide bonds. The Kier molecular flexibility index (Phi) is 5.21. The van der Waals surface area contributed by atoms with Crippen molar-refractivity contribution in [3.63, 3.8) is 0 Å². The van der Waals surface area contributed by atoms with Crippen LogP contribution in [0.25, 0.3) is 0 Å². The van der Waals surface area contributed by atoms with Crippen LogP contribution in [-0.2, 0) is 11.2 Å². The fourth-order valence-corrected chi connectivity index (χ4v) is 2.30. The molecule has 1 aromatic carbocycles. The molecular formula is C15H22N2O2. The molecule has 4 nitrogen and oxygen atoms in total. The zero-order valence-corrected chi connectivity index (χ0v) is 11.5. The number of methoxy groups -OCH3 is 1. The summed E-state index contributed by atoms with van der Waals surface area (Å²) in [4.78, 5) is 13.7. The average Bonchev–Trinajstić information content (AvgIpc) is 2.98. The quantitative estimate of drug-likeness (QED) is 0.789. The first kappa shape index (κ1) is 13.9. The number of benzene rings is 1. The van der Waals surface area contributed by atoms with Gasteiger partial charge in [-0.25, -0.2) is 0 Å². The zero-order chi connectivity index (χ0) is 13.5. The maximum Gasteiger partial charge on any atom is 0.236 e. The Morgan fingerprint density at radius 1 is 1.26 bits per heavy atom. The number of hydrogen-bond acceptors (Lipinski definition) is 3. The van der Waals surface area contributed by atoms with E-state index in [1.807, 2.05) is 17.0 Å². The van der Waals surface area contributed by atoms with Gasteiger partial charge in [-0.1, -0.05) is 12.1 Å². The van der Waals surface area contributed by atoms with Crippen molar-refractivity contribution in [2.75, 3.05) is 33.3 Å². The third kappa shape index (κ3) is 4.24. The van der Waals surface area contributed by atoms with Crippen molar-refractivity contribution in [1.29, 1.82) is 0 Å². The second-order valence-corrected chi connectivity index (χ2v) is 4.86. The third-order valence-electron chi connectivity index (χ3n) is 3.48. The molecule has 0 aromatic heterocycles. The van der Waals surface area contributed by atoms with E-state index in [4.69, 9.17) is 4.74 Å². The molecule has 1 N–H and O–H groups in total. The Hall–Kier alpha value is -1.55. The van der Waals surface area contributed by atoms with Crippen LogP contribution in [0.1, 0.15) is 18.4 Å². The van der Waals surface area contributed by atoms with Crippen LogP contribution >= 0.6 is 0 Å². The number of ether oxygens (including phenoxy) is 1. The number of hydrogen-bond donors (Lipinski definition) is 1. The highest BCUT2D eigenvalue weighted by molar-refractivity contribution is 5.78. The minimum absolute atomic E-state index is 0.229. The average molecular weight is 262 g/mol. The third-order valence-corrected chi connectivity index (χ3v) is 3.48. The van der Waals surface area contributed by atoms with Gasteiger partial charge in [0.1, 0.15) is 5.75 Å². The molecular weight excluding hydrogens is 240 g/mol. The van der Waals surface area contributed by atoms with Gasteiger partial charge in [-0.3, -0.25) is 4.79 Å². The van der Waals surface area contributed by atoms with Crippen LogP contribution in [0.5, 0.6) is 5.75 Å². The molecule has 1 heterocycles. The molecule has 0 aliphatic carbocycles. The second-order valence-electron chi connectivity index (χ2n) is 4.86. The topological polar surface area (TPSA) is 41.6 Å². The number of rotatable bonds is 6. The summed E-state index contributed by atoms with van der Waals surface area (Å²) in [6.45, 7) is 3.14. The summed E-state index contributed by atoms with van der Waals surface area (Å²) in [6.07, 6.45) is 3.23. The van der Waals surface area contributed by atoms with Crippen LogP contribution < -0.4 is 10.1 Å². The summed E-state index contributed by atoms with van der Waals surface area (Å²) in [6, 6.07) is 8.04. The van der Waals surface area contributed by atoms with Gasteiger partial charge in [0.15, 0.2) is 0 Å². The van der Waals surface area contributed by atoms with Crippen LogP contribution in [-0.4, -0.2) is 44.1 Å². The number of nitrogens with zero attached hydrogens (tertiary/aromatic N) is 1. The van der Waals surface area contributed by atoms with Crippen molar-refractivity contribution in [3.05, 3.63) is 29.8 Å². The maximum atomic E-state index is 11.8. The van der Waals surface area contributed by atoms with Crippen molar-refractivity contribution < 1.29 is 9.53 Å². The number of amides is 1. The molecule has 1 fully saturated rings. The summed E-state index contributed by atoms with van der Waals surface area (Å²) >= 11 is 0. The van der Waals surface area contributed by atoms with Gasteiger partial charge >= 0.3 is 0 Å². The van der Waals surface area contributed by atoms with Crippen LogP contribution in [0.15, 0.2) is 24.3 Å². The van der Waals surface area contributed by atoms with Crippen LogP contribution in [0.4, 0.5) is 0 Å². The summed E-state index contributed by atoms with van der Waals surface area (Å²) in [5.74, 6) is 1.10. The second kappa shape index (κ2) is 7.14. The lowest BCUT2D eigenvalue weighted by Crippen LogP contribution is -2.36. The van der Waals surface area contributed by atoms with Gasteiger partial charge in [0, 0.05) is 13.1 Å². The van der Waals surface area contributed by atoms with E-state index in [-0.39, 0.29) is 5.91 Å². The molecule has 0 atom stereocenters. The maximum absolute atomic E-state index is 11.8. The monoisotopic (exact) mass is 262 g/mol. The van der Waals surface area contributed by atoms with E-state index in [1.165, 1.54) is 5.56 Å². The predicted octanol–water partition coefficient (Wildman–Crippen LogP) is 1.45. The SMILES string of the molecule is COc1ccc(CCNCC(=O)N2CCCC2)cc1. The lowest BCUT2D eigenvalue weighted by molar-refractivity contribution is -0.129. The minimum atomic E-state index is 0.229. The van der Waals surface area contributed by atoms with Gasteiger partial charge in [-0.2, -0.15) is 0 Å². The smallest absolute Gasteiger partial charge is 0.236 e. The van der Waals surface area contributed by atoms with E-state index in [9.17, 15) is 4.79 Å². The predicted molar refractivity (Wildman–Crippen MR) is 75.4 cm³/mol. The normalized spacial score (nSPS) is 14.7. The molecule has 4 heteroatoms. The lowest BCUT2D eigenvalue weighted by Gasteiger charge is -2.15.